The molecule has 0 radical (unpaired) electrons. The number of hydrogen-bond acceptors (Lipinski definition) is 3. The number of hydrogen-bond donors (Lipinski definition) is 1. The summed E-state index contributed by atoms with van der Waals surface area (Å²) in [6.45, 7) is 0.876. The average molecular weight is 104 g/mol. The normalized spacial score (nSPS) is 21.0. The molecule has 1 rings (SSSR count). The Balaban J connectivity index is 2.45. The highest BCUT2D eigenvalue weighted by atomic mass is 32.2. The third-order valence-electron chi connectivity index (χ3n) is 0.554. The summed E-state index contributed by atoms with van der Waals surface area (Å²) in [5.74, 6) is 6.20. The van der Waals surface area contributed by atoms with Gasteiger partial charge >= 0.3 is 0 Å². The molecule has 0 spiro atoms. The van der Waals surface area contributed by atoms with E-state index in [-0.39, 0.29) is 0 Å². The van der Waals surface area contributed by atoms with Gasteiger partial charge in [0.2, 0.25) is 11.9 Å². The van der Waals surface area contributed by atoms with Gasteiger partial charge in [-0.15, -0.1) is 0 Å². The molecular weight excluding hydrogens is 98.1 g/mol. The highest BCUT2D eigenvalue weighted by Gasteiger charge is 2.09. The van der Waals surface area contributed by atoms with Crippen LogP contribution in [-0.2, 0) is 0 Å². The second kappa shape index (κ2) is 1.47. The Bertz CT molecular complexity index is 78.9. The molecule has 0 saturated heterocycles. The van der Waals surface area contributed by atoms with Crippen LogP contribution in [0.4, 0.5) is 0 Å². The van der Waals surface area contributed by atoms with Gasteiger partial charge < -0.3 is 0 Å². The van der Waals surface area contributed by atoms with Crippen LogP contribution in [0.1, 0.15) is 0 Å². The smallest absolute Gasteiger partial charge is 0.173 e. The number of nitrogens with zero attached hydrogens (tertiary/aromatic N) is 2. The molecule has 0 aromatic carbocycles. The lowest BCUT2D eigenvalue weighted by molar-refractivity contribution is -0.432. The van der Waals surface area contributed by atoms with Crippen molar-refractivity contribution >= 4 is 11.9 Å². The molecule has 0 aliphatic carbocycles. The van der Waals surface area contributed by atoms with Crippen molar-refractivity contribution in [2.24, 2.45) is 11.0 Å². The minimum absolute atomic E-state index is 0.876. The lowest BCUT2D eigenvalue weighted by Crippen LogP contribution is -2.03. The Morgan fingerprint density at radius 3 is 2.83 bits per heavy atom. The summed E-state index contributed by atoms with van der Waals surface area (Å²) in [5, 5.41) is 3.81. The standard InChI is InChI=1S/C2H6N3S/c3-5-4-1-2-6-5/h1-2H2,(H2,3,4)/q+1. The molecule has 0 amide bonds. The number of nitrogens with two attached hydrogens (primary N) is 1. The van der Waals surface area contributed by atoms with Crippen molar-refractivity contribution in [1.82, 2.24) is 0 Å². The van der Waals surface area contributed by atoms with Gasteiger partial charge in [0.05, 0.1) is 9.96 Å². The molecule has 2 N–H and O–H groups in total. The Morgan fingerprint density at radius 1 is 1.83 bits per heavy atom. The van der Waals surface area contributed by atoms with Crippen LogP contribution in [0.3, 0.4) is 0 Å². The lowest BCUT2D eigenvalue weighted by Gasteiger charge is -1.67. The first kappa shape index (κ1) is 3.92. The third-order valence-corrected chi connectivity index (χ3v) is 1.30. The monoisotopic (exact) mass is 104 g/mol. The Morgan fingerprint density at radius 2 is 2.67 bits per heavy atom. The van der Waals surface area contributed by atoms with Gasteiger partial charge in [-0.3, -0.25) is 0 Å². The molecule has 0 unspecified atom stereocenters. The molecule has 0 atom stereocenters. The SMILES string of the molecule is N[N+]1=NCCS1. The Kier molecular flexibility index (Phi) is 0.959. The van der Waals surface area contributed by atoms with Crippen molar-refractivity contribution < 1.29 is 4.21 Å². The van der Waals surface area contributed by atoms with Crippen LogP contribution < -0.4 is 5.84 Å². The zero-order valence-electron chi connectivity index (χ0n) is 3.29. The maximum atomic E-state index is 5.16. The summed E-state index contributed by atoms with van der Waals surface area (Å²) in [5.41, 5.74) is 0. The van der Waals surface area contributed by atoms with Crippen molar-refractivity contribution in [3.8, 4) is 0 Å². The van der Waals surface area contributed by atoms with Crippen molar-refractivity contribution in [3.63, 3.8) is 0 Å². The highest BCUT2D eigenvalue weighted by molar-refractivity contribution is 7.93. The molecule has 6 heavy (non-hydrogen) atoms. The van der Waals surface area contributed by atoms with E-state index in [2.05, 4.69) is 5.11 Å². The van der Waals surface area contributed by atoms with Crippen LogP contribution in [0.2, 0.25) is 0 Å². The predicted molar refractivity (Wildman–Crippen MR) is 24.2 cm³/mol. The van der Waals surface area contributed by atoms with Crippen molar-refractivity contribution in [2.75, 3.05) is 12.3 Å². The van der Waals surface area contributed by atoms with Crippen molar-refractivity contribution in [3.05, 3.63) is 0 Å². The molecule has 1 heterocycles. The molecule has 1 aliphatic heterocycles. The summed E-state index contributed by atoms with van der Waals surface area (Å²) in [7, 11) is 0. The Hall–Kier alpha value is -0.250. The molecular formula is C2H6N3S+. The van der Waals surface area contributed by atoms with Gasteiger partial charge in [0.15, 0.2) is 0 Å². The molecule has 0 aromatic rings. The zero-order chi connectivity index (χ0) is 4.41. The van der Waals surface area contributed by atoms with E-state index in [4.69, 9.17) is 5.84 Å². The largest absolute Gasteiger partial charge is 0.225 e. The number of rotatable bonds is 0. The van der Waals surface area contributed by atoms with Gasteiger partial charge in [-0.1, -0.05) is 0 Å². The zero-order valence-corrected chi connectivity index (χ0v) is 4.11. The van der Waals surface area contributed by atoms with Gasteiger partial charge in [-0.25, -0.2) is 0 Å². The van der Waals surface area contributed by atoms with Crippen molar-refractivity contribution in [2.45, 2.75) is 0 Å². The first-order valence-corrected chi connectivity index (χ1v) is 2.69. The van der Waals surface area contributed by atoms with Gasteiger partial charge in [-0.2, -0.15) is 5.84 Å². The van der Waals surface area contributed by atoms with Crippen LogP contribution in [0.15, 0.2) is 5.11 Å². The molecule has 0 bridgehead atoms. The predicted octanol–water partition coefficient (Wildman–Crippen LogP) is -0.0134. The van der Waals surface area contributed by atoms with Crippen LogP contribution >= 0.6 is 11.9 Å². The molecule has 0 saturated carbocycles. The summed E-state index contributed by atoms with van der Waals surface area (Å²) < 4.78 is 1.40. The number of hydrazine groups is 1. The van der Waals surface area contributed by atoms with Gasteiger partial charge in [0.25, 0.3) is 0 Å². The fourth-order valence-electron chi connectivity index (χ4n) is 0.315. The van der Waals surface area contributed by atoms with Gasteiger partial charge in [0, 0.05) is 5.11 Å². The van der Waals surface area contributed by atoms with E-state index in [1.165, 1.54) is 4.21 Å². The maximum absolute atomic E-state index is 5.16. The van der Waals surface area contributed by atoms with Crippen LogP contribution in [0.25, 0.3) is 0 Å². The molecule has 34 valence electrons. The molecule has 0 aromatic heterocycles. The fraction of sp³-hybridized carbons (Fsp3) is 1.00. The van der Waals surface area contributed by atoms with Gasteiger partial charge in [-0.05, 0) is 0 Å². The minimum Gasteiger partial charge on any atom is -0.173 e. The molecule has 3 nitrogen and oxygen atoms in total. The molecule has 4 heteroatoms. The molecule has 1 aliphatic rings. The average Bonchev–Trinajstić information content (AvgIpc) is 1.86. The maximum Gasteiger partial charge on any atom is 0.225 e. The summed E-state index contributed by atoms with van der Waals surface area (Å²) in [4.78, 5) is 0. The summed E-state index contributed by atoms with van der Waals surface area (Å²) in [6, 6.07) is 0. The quantitative estimate of drug-likeness (QED) is 0.267. The first-order chi connectivity index (χ1) is 2.89. The van der Waals surface area contributed by atoms with E-state index in [1.54, 1.807) is 11.9 Å². The van der Waals surface area contributed by atoms with E-state index < -0.39 is 0 Å². The second-order valence-electron chi connectivity index (χ2n) is 1.00. The van der Waals surface area contributed by atoms with E-state index in [9.17, 15) is 0 Å². The van der Waals surface area contributed by atoms with E-state index in [0.717, 1.165) is 12.3 Å². The van der Waals surface area contributed by atoms with Gasteiger partial charge in [0.1, 0.15) is 6.54 Å². The fourth-order valence-corrected chi connectivity index (χ4v) is 0.828. The molecule has 0 fully saturated rings. The van der Waals surface area contributed by atoms with E-state index in [1.807, 2.05) is 0 Å². The van der Waals surface area contributed by atoms with Crippen LogP contribution in [-0.4, -0.2) is 16.5 Å². The first-order valence-electron chi connectivity index (χ1n) is 1.75. The summed E-state index contributed by atoms with van der Waals surface area (Å²) >= 11 is 1.54. The second-order valence-corrected chi connectivity index (χ2v) is 2.04. The van der Waals surface area contributed by atoms with Crippen LogP contribution in [0.5, 0.6) is 0 Å². The summed E-state index contributed by atoms with van der Waals surface area (Å²) in [6.07, 6.45) is 0. The third kappa shape index (κ3) is 0.622. The Labute approximate surface area is 40.3 Å². The van der Waals surface area contributed by atoms with E-state index >= 15 is 0 Å². The van der Waals surface area contributed by atoms with Crippen LogP contribution in [0, 0.1) is 0 Å². The lowest BCUT2D eigenvalue weighted by atomic mass is 10.8. The minimum atomic E-state index is 0.876. The van der Waals surface area contributed by atoms with Crippen molar-refractivity contribution in [1.29, 1.82) is 0 Å². The van der Waals surface area contributed by atoms with E-state index in [0.29, 0.717) is 0 Å². The highest BCUT2D eigenvalue weighted by Crippen LogP contribution is 2.04. The topological polar surface area (TPSA) is 41.4 Å².